The van der Waals surface area contributed by atoms with Gasteiger partial charge < -0.3 is 4.74 Å². The van der Waals surface area contributed by atoms with Gasteiger partial charge >= 0.3 is 0 Å². The topological polar surface area (TPSA) is 39.2 Å². The minimum absolute atomic E-state index is 0.0743. The second-order valence-electron chi connectivity index (χ2n) is 3.78. The van der Waals surface area contributed by atoms with Gasteiger partial charge in [0.05, 0.1) is 7.11 Å². The largest absolute Gasteiger partial charge is 0.494 e. The van der Waals surface area contributed by atoms with E-state index in [9.17, 15) is 4.79 Å². The highest BCUT2D eigenvalue weighted by molar-refractivity contribution is 6.30. The normalized spacial score (nSPS) is 10.1. The molecule has 0 radical (unpaired) electrons. The number of aromatic nitrogens is 1. The molecule has 0 aliphatic heterocycles. The zero-order valence-corrected chi connectivity index (χ0v) is 10.6. The lowest BCUT2D eigenvalue weighted by Crippen LogP contribution is -2.07. The molecule has 0 N–H and O–H groups in total. The third kappa shape index (κ3) is 2.87. The number of pyridine rings is 1. The summed E-state index contributed by atoms with van der Waals surface area (Å²) in [5.74, 6) is 0.422. The average molecular weight is 262 g/mol. The van der Waals surface area contributed by atoms with Gasteiger partial charge in [-0.25, -0.2) is 4.98 Å². The van der Waals surface area contributed by atoms with Crippen LogP contribution in [0.1, 0.15) is 16.1 Å². The van der Waals surface area contributed by atoms with Crippen molar-refractivity contribution in [2.45, 2.75) is 6.42 Å². The van der Waals surface area contributed by atoms with Crippen molar-refractivity contribution in [3.05, 3.63) is 58.9 Å². The molecular weight excluding hydrogens is 250 g/mol. The van der Waals surface area contributed by atoms with Crippen LogP contribution in [0.5, 0.6) is 5.75 Å². The number of carbonyl (C=O) groups is 1. The second-order valence-corrected chi connectivity index (χ2v) is 4.22. The van der Waals surface area contributed by atoms with E-state index in [2.05, 4.69) is 4.98 Å². The number of rotatable bonds is 4. The molecule has 0 atom stereocenters. The Morgan fingerprint density at radius 2 is 2.00 bits per heavy atom. The van der Waals surface area contributed by atoms with E-state index < -0.39 is 0 Å². The predicted octanol–water partition coefficient (Wildman–Crippen LogP) is 3.17. The maximum atomic E-state index is 12.1. The predicted molar refractivity (Wildman–Crippen MR) is 70.3 cm³/mol. The average Bonchev–Trinajstić information content (AvgIpc) is 2.41. The van der Waals surface area contributed by atoms with E-state index in [4.69, 9.17) is 16.3 Å². The van der Waals surface area contributed by atoms with Gasteiger partial charge in [-0.1, -0.05) is 23.7 Å². The summed E-state index contributed by atoms with van der Waals surface area (Å²) in [5.41, 5.74) is 1.26. The van der Waals surface area contributed by atoms with Crippen LogP contribution in [-0.4, -0.2) is 17.9 Å². The van der Waals surface area contributed by atoms with Gasteiger partial charge in [0, 0.05) is 17.6 Å². The van der Waals surface area contributed by atoms with Crippen LogP contribution in [0.4, 0.5) is 0 Å². The van der Waals surface area contributed by atoms with E-state index in [0.29, 0.717) is 16.5 Å². The standard InChI is InChI=1S/C14H12ClNO2/c1-18-13-3-2-8-16-14(13)12(17)9-10-4-6-11(15)7-5-10/h2-8H,9H2,1H3. The van der Waals surface area contributed by atoms with Crippen LogP contribution < -0.4 is 4.74 Å². The van der Waals surface area contributed by atoms with Crippen LogP contribution in [0.3, 0.4) is 0 Å². The van der Waals surface area contributed by atoms with Crippen LogP contribution in [0.2, 0.25) is 5.02 Å². The highest BCUT2D eigenvalue weighted by atomic mass is 35.5. The van der Waals surface area contributed by atoms with Crippen LogP contribution in [0.15, 0.2) is 42.6 Å². The Morgan fingerprint density at radius 3 is 2.67 bits per heavy atom. The minimum Gasteiger partial charge on any atom is -0.494 e. The zero-order valence-electron chi connectivity index (χ0n) is 9.89. The number of hydrogen-bond acceptors (Lipinski definition) is 3. The second kappa shape index (κ2) is 5.65. The number of halogens is 1. The summed E-state index contributed by atoms with van der Waals surface area (Å²) in [7, 11) is 1.52. The van der Waals surface area contributed by atoms with Crippen molar-refractivity contribution in [2.75, 3.05) is 7.11 Å². The number of Topliss-reactive ketones (excluding diaryl/α,β-unsaturated/α-hetero) is 1. The maximum Gasteiger partial charge on any atom is 0.189 e. The molecule has 2 rings (SSSR count). The first-order valence-electron chi connectivity index (χ1n) is 5.47. The lowest BCUT2D eigenvalue weighted by Gasteiger charge is -2.06. The number of ketones is 1. The fourth-order valence-corrected chi connectivity index (χ4v) is 1.76. The molecule has 0 saturated carbocycles. The number of hydrogen-bond donors (Lipinski definition) is 0. The van der Waals surface area contributed by atoms with Crippen molar-refractivity contribution in [3.63, 3.8) is 0 Å². The first-order valence-corrected chi connectivity index (χ1v) is 5.85. The summed E-state index contributed by atoms with van der Waals surface area (Å²) < 4.78 is 5.12. The van der Waals surface area contributed by atoms with Gasteiger partial charge in [0.25, 0.3) is 0 Å². The highest BCUT2D eigenvalue weighted by Gasteiger charge is 2.13. The van der Waals surface area contributed by atoms with Gasteiger partial charge in [-0.15, -0.1) is 0 Å². The fraction of sp³-hybridized carbons (Fsp3) is 0.143. The molecule has 92 valence electrons. The van der Waals surface area contributed by atoms with Crippen LogP contribution in [0, 0.1) is 0 Å². The Hall–Kier alpha value is -1.87. The molecule has 0 amide bonds. The van der Waals surface area contributed by atoms with Crippen molar-refractivity contribution in [3.8, 4) is 5.75 Å². The van der Waals surface area contributed by atoms with Crippen molar-refractivity contribution < 1.29 is 9.53 Å². The van der Waals surface area contributed by atoms with E-state index in [0.717, 1.165) is 5.56 Å². The quantitative estimate of drug-likeness (QED) is 0.794. The van der Waals surface area contributed by atoms with Gasteiger partial charge in [-0.05, 0) is 29.8 Å². The highest BCUT2D eigenvalue weighted by Crippen LogP contribution is 2.17. The van der Waals surface area contributed by atoms with Gasteiger partial charge in [-0.2, -0.15) is 0 Å². The number of benzene rings is 1. The smallest absolute Gasteiger partial charge is 0.189 e. The number of carbonyl (C=O) groups excluding carboxylic acids is 1. The van der Waals surface area contributed by atoms with Gasteiger partial charge in [0.1, 0.15) is 11.4 Å². The molecule has 1 aromatic carbocycles. The van der Waals surface area contributed by atoms with Crippen molar-refractivity contribution >= 4 is 17.4 Å². The monoisotopic (exact) mass is 261 g/mol. The Kier molecular flexibility index (Phi) is 3.95. The first kappa shape index (κ1) is 12.6. The van der Waals surface area contributed by atoms with Crippen LogP contribution in [0.25, 0.3) is 0 Å². The third-order valence-electron chi connectivity index (χ3n) is 2.53. The molecule has 4 heteroatoms. The summed E-state index contributed by atoms with van der Waals surface area (Å²) >= 11 is 5.80. The summed E-state index contributed by atoms with van der Waals surface area (Å²) in [6.45, 7) is 0. The van der Waals surface area contributed by atoms with Crippen molar-refractivity contribution in [1.82, 2.24) is 4.98 Å². The zero-order chi connectivity index (χ0) is 13.0. The van der Waals surface area contributed by atoms with Crippen LogP contribution in [-0.2, 0) is 6.42 Å². The molecule has 0 saturated heterocycles. The SMILES string of the molecule is COc1cccnc1C(=O)Cc1ccc(Cl)cc1. The maximum absolute atomic E-state index is 12.1. The summed E-state index contributed by atoms with van der Waals surface area (Å²) in [6.07, 6.45) is 1.86. The fourth-order valence-electron chi connectivity index (χ4n) is 1.64. The molecule has 2 aromatic rings. The molecular formula is C14H12ClNO2. The summed E-state index contributed by atoms with van der Waals surface area (Å²) in [4.78, 5) is 16.2. The molecule has 0 aliphatic rings. The minimum atomic E-state index is -0.0743. The summed E-state index contributed by atoms with van der Waals surface area (Å²) in [5, 5.41) is 0.654. The molecule has 18 heavy (non-hydrogen) atoms. The summed E-state index contributed by atoms with van der Waals surface area (Å²) in [6, 6.07) is 10.6. The first-order chi connectivity index (χ1) is 8.70. The number of ether oxygens (including phenoxy) is 1. The van der Waals surface area contributed by atoms with E-state index >= 15 is 0 Å². The van der Waals surface area contributed by atoms with E-state index in [1.54, 1.807) is 30.5 Å². The van der Waals surface area contributed by atoms with E-state index in [1.165, 1.54) is 7.11 Å². The molecule has 0 spiro atoms. The third-order valence-corrected chi connectivity index (χ3v) is 2.78. The molecule has 0 aliphatic carbocycles. The van der Waals surface area contributed by atoms with Gasteiger partial charge in [-0.3, -0.25) is 4.79 Å². The Bertz CT molecular complexity index is 552. The molecule has 1 aromatic heterocycles. The molecule has 0 bridgehead atoms. The Balaban J connectivity index is 2.19. The molecule has 0 fully saturated rings. The van der Waals surface area contributed by atoms with Crippen molar-refractivity contribution in [2.24, 2.45) is 0 Å². The van der Waals surface area contributed by atoms with Gasteiger partial charge in [0.2, 0.25) is 0 Å². The lowest BCUT2D eigenvalue weighted by molar-refractivity contribution is 0.0985. The Labute approximate surface area is 110 Å². The molecule has 3 nitrogen and oxygen atoms in total. The number of methoxy groups -OCH3 is 1. The molecule has 0 unspecified atom stereocenters. The van der Waals surface area contributed by atoms with E-state index in [1.807, 2.05) is 12.1 Å². The van der Waals surface area contributed by atoms with Crippen molar-refractivity contribution in [1.29, 1.82) is 0 Å². The lowest BCUT2D eigenvalue weighted by atomic mass is 10.1. The Morgan fingerprint density at radius 1 is 1.28 bits per heavy atom. The number of nitrogens with zero attached hydrogens (tertiary/aromatic N) is 1. The van der Waals surface area contributed by atoms with Gasteiger partial charge in [0.15, 0.2) is 5.78 Å². The van der Waals surface area contributed by atoms with E-state index in [-0.39, 0.29) is 12.2 Å². The van der Waals surface area contributed by atoms with Crippen LogP contribution >= 0.6 is 11.6 Å². The molecule has 1 heterocycles.